The van der Waals surface area contributed by atoms with Gasteiger partial charge in [0.2, 0.25) is 0 Å². The third kappa shape index (κ3) is 5.19. The average Bonchev–Trinajstić information content (AvgIpc) is 2.49. The summed E-state index contributed by atoms with van der Waals surface area (Å²) in [6.45, 7) is 4.45. The normalized spacial score (nSPS) is 11.1. The van der Waals surface area contributed by atoms with Gasteiger partial charge in [-0.25, -0.2) is 0 Å². The maximum atomic E-state index is 2.30. The molecule has 2 aromatic rings. The van der Waals surface area contributed by atoms with E-state index in [0.29, 0.717) is 0 Å². The van der Waals surface area contributed by atoms with E-state index < -0.39 is 0 Å². The van der Waals surface area contributed by atoms with Gasteiger partial charge < -0.3 is 0 Å². The van der Waals surface area contributed by atoms with Gasteiger partial charge >= 0.3 is 0 Å². The Hall–Kier alpha value is -1.30. The Morgan fingerprint density at radius 1 is 0.762 bits per heavy atom. The Labute approximate surface area is 130 Å². The molecule has 2 rings (SSSR count). The van der Waals surface area contributed by atoms with Crippen molar-refractivity contribution in [3.05, 3.63) is 47.5 Å². The number of rotatable bonds is 9. The number of aryl methyl sites for hydroxylation is 2. The molecule has 0 radical (unpaired) electrons. The highest BCUT2D eigenvalue weighted by molar-refractivity contribution is 5.86. The van der Waals surface area contributed by atoms with Crippen molar-refractivity contribution in [2.45, 2.75) is 71.6 Å². The Morgan fingerprint density at radius 2 is 1.48 bits per heavy atom. The van der Waals surface area contributed by atoms with Crippen LogP contribution in [0.15, 0.2) is 36.4 Å². The molecule has 0 bridgehead atoms. The lowest BCUT2D eigenvalue weighted by atomic mass is 9.98. The van der Waals surface area contributed by atoms with Crippen molar-refractivity contribution < 1.29 is 0 Å². The van der Waals surface area contributed by atoms with E-state index in [4.69, 9.17) is 0 Å². The number of fused-ring (bicyclic) bond motifs is 1. The summed E-state index contributed by atoms with van der Waals surface area (Å²) in [5.74, 6) is 0. The van der Waals surface area contributed by atoms with Crippen molar-refractivity contribution in [1.82, 2.24) is 0 Å². The number of hydrogen-bond acceptors (Lipinski definition) is 0. The highest BCUT2D eigenvalue weighted by Gasteiger charge is 2.01. The molecule has 0 aliphatic heterocycles. The van der Waals surface area contributed by atoms with Crippen LogP contribution in [-0.2, 0) is 6.42 Å². The maximum absolute atomic E-state index is 2.30. The van der Waals surface area contributed by atoms with Gasteiger partial charge in [-0.2, -0.15) is 0 Å². The molecule has 0 nitrogen and oxygen atoms in total. The molecule has 0 heterocycles. The number of hydrogen-bond donors (Lipinski definition) is 0. The van der Waals surface area contributed by atoms with Gasteiger partial charge in [0, 0.05) is 0 Å². The topological polar surface area (TPSA) is 0 Å². The van der Waals surface area contributed by atoms with Crippen LogP contribution in [0.25, 0.3) is 10.8 Å². The van der Waals surface area contributed by atoms with E-state index in [1.807, 2.05) is 0 Å². The molecular formula is C21H30. The lowest BCUT2D eigenvalue weighted by Crippen LogP contribution is -1.89. The van der Waals surface area contributed by atoms with Crippen LogP contribution in [0.2, 0.25) is 0 Å². The number of benzene rings is 2. The van der Waals surface area contributed by atoms with Crippen molar-refractivity contribution in [2.24, 2.45) is 0 Å². The van der Waals surface area contributed by atoms with Gasteiger partial charge in [0.05, 0.1) is 0 Å². The minimum atomic E-state index is 1.23. The molecule has 0 saturated carbocycles. The van der Waals surface area contributed by atoms with Crippen molar-refractivity contribution in [3.8, 4) is 0 Å². The summed E-state index contributed by atoms with van der Waals surface area (Å²) < 4.78 is 0. The zero-order chi connectivity index (χ0) is 14.9. The predicted molar refractivity (Wildman–Crippen MR) is 95.0 cm³/mol. The smallest absolute Gasteiger partial charge is 0.0152 e. The minimum Gasteiger partial charge on any atom is -0.0654 e. The molecule has 21 heavy (non-hydrogen) atoms. The van der Waals surface area contributed by atoms with Crippen molar-refractivity contribution in [2.75, 3.05) is 0 Å². The van der Waals surface area contributed by atoms with E-state index in [-0.39, 0.29) is 0 Å². The van der Waals surface area contributed by atoms with Crippen LogP contribution >= 0.6 is 0 Å². The molecular weight excluding hydrogens is 252 g/mol. The summed E-state index contributed by atoms with van der Waals surface area (Å²) in [7, 11) is 0. The second kappa shape index (κ2) is 8.87. The van der Waals surface area contributed by atoms with Crippen molar-refractivity contribution >= 4 is 10.8 Å². The first-order chi connectivity index (χ1) is 10.3. The summed E-state index contributed by atoms with van der Waals surface area (Å²) in [5.41, 5.74) is 2.88. The molecule has 0 saturated heterocycles. The largest absolute Gasteiger partial charge is 0.0654 e. The Morgan fingerprint density at radius 3 is 2.24 bits per heavy atom. The molecule has 2 aromatic carbocycles. The van der Waals surface area contributed by atoms with Crippen LogP contribution in [0.5, 0.6) is 0 Å². The van der Waals surface area contributed by atoms with Crippen molar-refractivity contribution in [1.29, 1.82) is 0 Å². The van der Waals surface area contributed by atoms with E-state index in [1.165, 1.54) is 79.7 Å². The van der Waals surface area contributed by atoms with Crippen molar-refractivity contribution in [3.63, 3.8) is 0 Å². The average molecular weight is 282 g/mol. The quantitative estimate of drug-likeness (QED) is 0.442. The second-order valence-corrected chi connectivity index (χ2v) is 6.37. The van der Waals surface area contributed by atoms with Gasteiger partial charge in [-0.3, -0.25) is 0 Å². The van der Waals surface area contributed by atoms with Crippen LogP contribution in [0, 0.1) is 6.92 Å². The molecule has 114 valence electrons. The summed E-state index contributed by atoms with van der Waals surface area (Å²) in [4.78, 5) is 0. The Kier molecular flexibility index (Phi) is 6.79. The molecule has 0 amide bonds. The molecule has 0 N–H and O–H groups in total. The zero-order valence-electron chi connectivity index (χ0n) is 13.8. The third-order valence-electron chi connectivity index (χ3n) is 4.43. The fourth-order valence-electron chi connectivity index (χ4n) is 3.14. The lowest BCUT2D eigenvalue weighted by molar-refractivity contribution is 0.576. The first kappa shape index (κ1) is 16.1. The van der Waals surface area contributed by atoms with Gasteiger partial charge in [-0.1, -0.05) is 93.8 Å². The van der Waals surface area contributed by atoms with Gasteiger partial charge in [0.1, 0.15) is 0 Å². The SMILES string of the molecule is CCCCCCCCCCc1cccc2cc(C)ccc12. The summed E-state index contributed by atoms with van der Waals surface area (Å²) >= 11 is 0. The fraction of sp³-hybridized carbons (Fsp3) is 0.524. The minimum absolute atomic E-state index is 1.23. The summed E-state index contributed by atoms with van der Waals surface area (Å²) in [6.07, 6.45) is 12.4. The molecule has 0 aliphatic rings. The van der Waals surface area contributed by atoms with E-state index in [0.717, 1.165) is 0 Å². The molecule has 0 aromatic heterocycles. The highest BCUT2D eigenvalue weighted by Crippen LogP contribution is 2.22. The molecule has 0 fully saturated rings. The van der Waals surface area contributed by atoms with Gasteiger partial charge in [0.25, 0.3) is 0 Å². The van der Waals surface area contributed by atoms with Gasteiger partial charge in [-0.15, -0.1) is 0 Å². The van der Waals surface area contributed by atoms with E-state index in [9.17, 15) is 0 Å². The predicted octanol–water partition coefficient (Wildman–Crippen LogP) is 6.83. The van der Waals surface area contributed by atoms with E-state index >= 15 is 0 Å². The van der Waals surface area contributed by atoms with Gasteiger partial charge in [-0.05, 0) is 36.1 Å². The molecule has 0 aliphatic carbocycles. The first-order valence-corrected chi connectivity index (χ1v) is 8.79. The van der Waals surface area contributed by atoms with E-state index in [1.54, 1.807) is 0 Å². The molecule has 0 heteroatoms. The molecule has 0 atom stereocenters. The number of unbranched alkanes of at least 4 members (excludes halogenated alkanes) is 7. The highest BCUT2D eigenvalue weighted by atomic mass is 14.1. The Balaban J connectivity index is 1.76. The van der Waals surface area contributed by atoms with Crippen LogP contribution in [-0.4, -0.2) is 0 Å². The summed E-state index contributed by atoms with van der Waals surface area (Å²) in [6, 6.07) is 13.6. The fourth-order valence-corrected chi connectivity index (χ4v) is 3.14. The van der Waals surface area contributed by atoms with Crippen LogP contribution in [0.3, 0.4) is 0 Å². The lowest BCUT2D eigenvalue weighted by Gasteiger charge is -2.07. The summed E-state index contributed by atoms with van der Waals surface area (Å²) in [5, 5.41) is 2.85. The standard InChI is InChI=1S/C21H30/c1-3-4-5-6-7-8-9-10-12-19-13-11-14-20-17-18(2)15-16-21(19)20/h11,13-17H,3-10,12H2,1-2H3. The molecule has 0 spiro atoms. The van der Waals surface area contributed by atoms with Gasteiger partial charge in [0.15, 0.2) is 0 Å². The van der Waals surface area contributed by atoms with Crippen LogP contribution in [0.4, 0.5) is 0 Å². The van der Waals surface area contributed by atoms with Crippen LogP contribution in [0.1, 0.15) is 69.4 Å². The maximum Gasteiger partial charge on any atom is -0.0152 e. The zero-order valence-corrected chi connectivity index (χ0v) is 13.8. The second-order valence-electron chi connectivity index (χ2n) is 6.37. The molecule has 0 unspecified atom stereocenters. The monoisotopic (exact) mass is 282 g/mol. The third-order valence-corrected chi connectivity index (χ3v) is 4.43. The first-order valence-electron chi connectivity index (χ1n) is 8.79. The Bertz CT molecular complexity index is 539. The van der Waals surface area contributed by atoms with E-state index in [2.05, 4.69) is 50.2 Å². The van der Waals surface area contributed by atoms with Crippen LogP contribution < -0.4 is 0 Å².